The molecule has 3 aliphatic heterocycles. The first-order valence-electron chi connectivity index (χ1n) is 22.9. The van der Waals surface area contributed by atoms with Gasteiger partial charge in [0.1, 0.15) is 11.7 Å². The number of hydrogen-bond acceptors (Lipinski definition) is 8. The van der Waals surface area contributed by atoms with Crippen molar-refractivity contribution in [3.63, 3.8) is 0 Å². The van der Waals surface area contributed by atoms with Crippen LogP contribution < -0.4 is 21.3 Å². The number of thioether (sulfide) groups is 1. The lowest BCUT2D eigenvalue weighted by atomic mass is 9.58. The lowest BCUT2D eigenvalue weighted by molar-refractivity contribution is -0.141. The monoisotopic (exact) mass is 884 g/mol. The number of alkyl halides is 3. The number of nitrogens with one attached hydrogen (secondary N) is 4. The van der Waals surface area contributed by atoms with E-state index in [9.17, 15) is 27.6 Å². The molecule has 338 valence electrons. The molecule has 2 aliphatic carbocycles. The molecule has 0 bridgehead atoms. The van der Waals surface area contributed by atoms with Crippen LogP contribution in [0.5, 0.6) is 0 Å². The first-order chi connectivity index (χ1) is 30.0. The van der Waals surface area contributed by atoms with Crippen LogP contribution in [0, 0.1) is 23.2 Å². The Labute approximate surface area is 374 Å². The van der Waals surface area contributed by atoms with E-state index < -0.39 is 17.9 Å². The fourth-order valence-corrected chi connectivity index (χ4v) is 11.5. The van der Waals surface area contributed by atoms with E-state index in [0.29, 0.717) is 57.8 Å². The zero-order valence-electron chi connectivity index (χ0n) is 37.4. The molecule has 9 nitrogen and oxygen atoms in total. The molecule has 1 aromatic heterocycles. The molecular formula is C50H63F3N6O3S. The number of carbonyl (C=O) groups excluding carboxylic acids is 3. The van der Waals surface area contributed by atoms with E-state index in [-0.39, 0.29) is 29.3 Å². The number of amides is 3. The summed E-state index contributed by atoms with van der Waals surface area (Å²) >= 11 is 1.87. The second kappa shape index (κ2) is 19.1. The van der Waals surface area contributed by atoms with Crippen LogP contribution in [0.15, 0.2) is 72.3 Å². The molecule has 0 spiro atoms. The van der Waals surface area contributed by atoms with Gasteiger partial charge in [-0.25, -0.2) is 4.98 Å². The molecule has 3 amide bonds. The Bertz CT molecular complexity index is 2220. The highest BCUT2D eigenvalue weighted by Gasteiger charge is 2.45. The van der Waals surface area contributed by atoms with Crippen LogP contribution in [0.2, 0.25) is 0 Å². The van der Waals surface area contributed by atoms with Crippen LogP contribution in [-0.2, 0) is 11.0 Å². The Kier molecular flexibility index (Phi) is 14.0. The standard InChI is InChI=1S/C26H32F3N3S.C24H31N3O3/c1-5-17-9-11-18(12-10-17)25-32-22-13-19(15(2)3)21(14-23(22)33-25)30-16(4)20-7-6-8-24(31-20)26(27,28)29;1-4-24(5-2)13-16(14-24)11-12-25-18-8-6-7-17-20(18)23(30)27(22(17)29)19-10-9-15(3)26-21(19)28/h6-8,13-15,17-18,25,30,32H,4-5,9-12H2,1-3H3;6-8,16,19,25H,3-5,9-14H2,1-2H3,(H,26,28). The van der Waals surface area contributed by atoms with Gasteiger partial charge in [-0.05, 0) is 116 Å². The van der Waals surface area contributed by atoms with E-state index in [1.165, 1.54) is 68.7 Å². The molecule has 3 aromatic rings. The Morgan fingerprint density at radius 3 is 2.32 bits per heavy atom. The minimum Gasteiger partial charge on any atom is -0.384 e. The maximum Gasteiger partial charge on any atom is 0.433 e. The van der Waals surface area contributed by atoms with Gasteiger partial charge in [-0.3, -0.25) is 19.3 Å². The maximum atomic E-state index is 13.1. The molecule has 2 aromatic carbocycles. The average Bonchev–Trinajstić information content (AvgIpc) is 3.78. The van der Waals surface area contributed by atoms with Gasteiger partial charge in [0.2, 0.25) is 5.91 Å². The zero-order chi connectivity index (χ0) is 45.2. The highest BCUT2D eigenvalue weighted by Crippen LogP contribution is 2.52. The molecule has 3 fully saturated rings. The summed E-state index contributed by atoms with van der Waals surface area (Å²) in [5.41, 5.74) is 5.38. The smallest absolute Gasteiger partial charge is 0.384 e. The minimum absolute atomic E-state index is 0.191. The predicted octanol–water partition coefficient (Wildman–Crippen LogP) is 12.5. The highest BCUT2D eigenvalue weighted by atomic mass is 32.2. The van der Waals surface area contributed by atoms with Crippen molar-refractivity contribution in [1.82, 2.24) is 15.2 Å². The van der Waals surface area contributed by atoms with Gasteiger partial charge in [0.15, 0.2) is 0 Å². The number of imide groups is 1. The van der Waals surface area contributed by atoms with E-state index in [1.54, 1.807) is 18.2 Å². The number of benzene rings is 2. The minimum atomic E-state index is -4.49. The van der Waals surface area contributed by atoms with Crippen LogP contribution in [-0.4, -0.2) is 45.6 Å². The molecule has 4 N–H and O–H groups in total. The van der Waals surface area contributed by atoms with E-state index in [0.717, 1.165) is 52.7 Å². The van der Waals surface area contributed by atoms with Gasteiger partial charge in [-0.15, -0.1) is 0 Å². The van der Waals surface area contributed by atoms with E-state index in [2.05, 4.69) is 86.2 Å². The predicted molar refractivity (Wildman–Crippen MR) is 248 cm³/mol. The molecular weight excluding hydrogens is 822 g/mol. The van der Waals surface area contributed by atoms with Crippen molar-refractivity contribution < 1.29 is 27.6 Å². The summed E-state index contributed by atoms with van der Waals surface area (Å²) < 4.78 is 39.3. The van der Waals surface area contributed by atoms with Crippen molar-refractivity contribution in [1.29, 1.82) is 0 Å². The molecule has 4 heterocycles. The molecule has 2 saturated carbocycles. The van der Waals surface area contributed by atoms with Gasteiger partial charge in [0.25, 0.3) is 11.8 Å². The number of piperidine rings is 1. The number of halogens is 3. The summed E-state index contributed by atoms with van der Waals surface area (Å²) in [5.74, 6) is 1.39. The van der Waals surface area contributed by atoms with Gasteiger partial charge in [-0.1, -0.05) is 104 Å². The van der Waals surface area contributed by atoms with Gasteiger partial charge >= 0.3 is 6.18 Å². The van der Waals surface area contributed by atoms with E-state index >= 15 is 0 Å². The van der Waals surface area contributed by atoms with Gasteiger partial charge in [0.05, 0.1) is 27.9 Å². The van der Waals surface area contributed by atoms with Crippen LogP contribution in [0.3, 0.4) is 0 Å². The largest absolute Gasteiger partial charge is 0.433 e. The molecule has 2 atom stereocenters. The van der Waals surface area contributed by atoms with Gasteiger partial charge in [0, 0.05) is 34.2 Å². The third-order valence-electron chi connectivity index (χ3n) is 14.2. The quantitative estimate of drug-likeness (QED) is 0.125. The Morgan fingerprint density at radius 1 is 0.952 bits per heavy atom. The molecule has 8 rings (SSSR count). The number of carbonyl (C=O) groups is 3. The Balaban J connectivity index is 0.000000190. The van der Waals surface area contributed by atoms with Crippen molar-refractivity contribution in [2.45, 2.75) is 140 Å². The van der Waals surface area contributed by atoms with Crippen LogP contribution in [0.25, 0.3) is 5.70 Å². The topological polar surface area (TPSA) is 115 Å². The number of nitrogens with zero attached hydrogens (tertiary/aromatic N) is 2. The third kappa shape index (κ3) is 9.98. The fraction of sp³-hybridized carbons (Fsp3) is 0.520. The molecule has 5 aliphatic rings. The number of anilines is 3. The number of pyridine rings is 1. The average molecular weight is 885 g/mol. The SMILES string of the molecule is C=C(Nc1cc2c(cc1C(C)C)NC(C1CCC(CC)CC1)S2)c1cccc(C(F)(F)F)n1.C=C1CCC(N2C(=O)c3cccc(NCCC4CC(CC)(CC)C4)c3C2=O)C(=O)N1. The lowest BCUT2D eigenvalue weighted by Crippen LogP contribution is -2.51. The Hall–Kier alpha value is -4.78. The second-order valence-electron chi connectivity index (χ2n) is 18.5. The van der Waals surface area contributed by atoms with Crippen LogP contribution >= 0.6 is 11.8 Å². The number of allylic oxidation sites excluding steroid dienone is 1. The molecule has 13 heteroatoms. The number of hydrogen-bond donors (Lipinski definition) is 4. The summed E-state index contributed by atoms with van der Waals surface area (Å²) in [4.78, 5) is 44.5. The lowest BCUT2D eigenvalue weighted by Gasteiger charge is -2.47. The maximum absolute atomic E-state index is 13.1. The summed E-state index contributed by atoms with van der Waals surface area (Å²) in [6, 6.07) is 12.7. The summed E-state index contributed by atoms with van der Waals surface area (Å²) in [7, 11) is 0. The van der Waals surface area contributed by atoms with Crippen molar-refractivity contribution in [2.24, 2.45) is 23.2 Å². The van der Waals surface area contributed by atoms with Crippen LogP contribution in [0.1, 0.15) is 155 Å². The van der Waals surface area contributed by atoms with Gasteiger partial charge < -0.3 is 21.3 Å². The van der Waals surface area contributed by atoms with Crippen molar-refractivity contribution in [3.8, 4) is 0 Å². The first-order valence-corrected chi connectivity index (χ1v) is 23.8. The number of rotatable bonds is 13. The van der Waals surface area contributed by atoms with Crippen molar-refractivity contribution >= 4 is 52.2 Å². The highest BCUT2D eigenvalue weighted by molar-refractivity contribution is 8.00. The molecule has 1 saturated heterocycles. The normalized spacial score (nSPS) is 23.0. The number of aromatic nitrogens is 1. The van der Waals surface area contributed by atoms with E-state index in [4.69, 9.17) is 0 Å². The van der Waals surface area contributed by atoms with Gasteiger partial charge in [-0.2, -0.15) is 13.2 Å². The van der Waals surface area contributed by atoms with Crippen molar-refractivity contribution in [3.05, 3.63) is 95.5 Å². The van der Waals surface area contributed by atoms with E-state index in [1.807, 2.05) is 17.8 Å². The van der Waals surface area contributed by atoms with Crippen LogP contribution in [0.4, 0.5) is 30.2 Å². The first kappa shape index (κ1) is 46.2. The molecule has 63 heavy (non-hydrogen) atoms. The summed E-state index contributed by atoms with van der Waals surface area (Å²) in [6.07, 6.45) is 9.01. The fourth-order valence-electron chi connectivity index (χ4n) is 10.2. The van der Waals surface area contributed by atoms with Crippen molar-refractivity contribution in [2.75, 3.05) is 22.5 Å². The summed E-state index contributed by atoms with van der Waals surface area (Å²) in [5, 5.41) is 13.4. The molecule has 0 radical (unpaired) electrons. The number of fused-ring (bicyclic) bond motifs is 2. The molecule has 2 unspecified atom stereocenters. The second-order valence-corrected chi connectivity index (χ2v) is 19.7. The summed E-state index contributed by atoms with van der Waals surface area (Å²) in [6.45, 7) is 19.6. The third-order valence-corrected chi connectivity index (χ3v) is 15.6. The zero-order valence-corrected chi connectivity index (χ0v) is 38.2. The Morgan fingerprint density at radius 2 is 1.67 bits per heavy atom.